The van der Waals surface area contributed by atoms with Gasteiger partial charge in [0.05, 0.1) is 0 Å². The third-order valence-electron chi connectivity index (χ3n) is 5.49. The van der Waals surface area contributed by atoms with E-state index < -0.39 is 0 Å². The molecule has 0 amide bonds. The van der Waals surface area contributed by atoms with Crippen molar-refractivity contribution in [3.05, 3.63) is 30.3 Å². The van der Waals surface area contributed by atoms with Gasteiger partial charge in [-0.25, -0.2) is 0 Å². The summed E-state index contributed by atoms with van der Waals surface area (Å²) >= 11 is 0. The van der Waals surface area contributed by atoms with Crippen molar-refractivity contribution in [2.24, 2.45) is 0 Å². The van der Waals surface area contributed by atoms with E-state index in [1.54, 1.807) is 0 Å². The molecule has 0 saturated carbocycles. The molecule has 1 rings (SSSR count). The molecular formula is C25H44N. The zero-order valence-corrected chi connectivity index (χ0v) is 17.8. The topological polar surface area (TPSA) is 3.24 Å². The average molecular weight is 359 g/mol. The standard InChI is InChI=1S/C25H44N/c1-3-4-5-6-7-8-9-10-11-12-13-14-15-16-17-21-24-26(2)25-22-19-18-20-23-25/h19-20,22-23H,3-17,21,24H2,1-2H3. The summed E-state index contributed by atoms with van der Waals surface area (Å²) in [5, 5.41) is 0. The molecule has 0 aliphatic rings. The predicted molar refractivity (Wildman–Crippen MR) is 118 cm³/mol. The highest BCUT2D eigenvalue weighted by molar-refractivity contribution is 5.44. The number of unbranched alkanes of at least 4 members (excludes halogenated alkanes) is 15. The van der Waals surface area contributed by atoms with E-state index in [0.717, 1.165) is 0 Å². The lowest BCUT2D eigenvalue weighted by Gasteiger charge is -2.18. The van der Waals surface area contributed by atoms with Gasteiger partial charge in [0, 0.05) is 19.3 Å². The lowest BCUT2D eigenvalue weighted by molar-refractivity contribution is 0.529. The molecule has 0 atom stereocenters. The lowest BCUT2D eigenvalue weighted by Crippen LogP contribution is -2.18. The van der Waals surface area contributed by atoms with Crippen molar-refractivity contribution in [2.75, 3.05) is 18.5 Å². The number of rotatable bonds is 18. The highest BCUT2D eigenvalue weighted by Gasteiger charge is 1.99. The Morgan fingerprint density at radius 2 is 1.00 bits per heavy atom. The van der Waals surface area contributed by atoms with E-state index in [9.17, 15) is 0 Å². The van der Waals surface area contributed by atoms with Crippen molar-refractivity contribution in [3.63, 3.8) is 0 Å². The molecule has 149 valence electrons. The Labute approximate surface area is 164 Å². The van der Waals surface area contributed by atoms with Crippen LogP contribution in [0.4, 0.5) is 5.69 Å². The van der Waals surface area contributed by atoms with E-state index in [2.05, 4.69) is 37.1 Å². The minimum Gasteiger partial charge on any atom is -0.375 e. The smallest absolute Gasteiger partial charge is 0.0364 e. The summed E-state index contributed by atoms with van der Waals surface area (Å²) < 4.78 is 0. The summed E-state index contributed by atoms with van der Waals surface area (Å²) in [5.41, 5.74) is 1.31. The number of benzene rings is 1. The van der Waals surface area contributed by atoms with Gasteiger partial charge < -0.3 is 4.90 Å². The zero-order valence-electron chi connectivity index (χ0n) is 17.8. The SMILES string of the molecule is CCCCCCCCCCCCCCCCCCN(C)c1cc[c]cc1. The summed E-state index contributed by atoms with van der Waals surface area (Å²) in [6.07, 6.45) is 23.0. The summed E-state index contributed by atoms with van der Waals surface area (Å²) in [6, 6.07) is 11.4. The summed E-state index contributed by atoms with van der Waals surface area (Å²) in [7, 11) is 2.19. The van der Waals surface area contributed by atoms with E-state index in [-0.39, 0.29) is 0 Å². The molecule has 26 heavy (non-hydrogen) atoms. The lowest BCUT2D eigenvalue weighted by atomic mass is 10.0. The van der Waals surface area contributed by atoms with Gasteiger partial charge in [0.1, 0.15) is 0 Å². The van der Waals surface area contributed by atoms with Crippen LogP contribution >= 0.6 is 0 Å². The van der Waals surface area contributed by atoms with Crippen molar-refractivity contribution in [1.82, 2.24) is 0 Å². The van der Waals surface area contributed by atoms with Crippen LogP contribution < -0.4 is 4.90 Å². The second kappa shape index (κ2) is 17.4. The maximum absolute atomic E-state index is 3.08. The van der Waals surface area contributed by atoms with Crippen LogP contribution in [0.25, 0.3) is 0 Å². The predicted octanol–water partition coefficient (Wildman–Crippen LogP) is 8.18. The summed E-state index contributed by atoms with van der Waals surface area (Å²) in [4.78, 5) is 2.36. The second-order valence-electron chi connectivity index (χ2n) is 7.98. The minimum atomic E-state index is 1.17. The summed E-state index contributed by atoms with van der Waals surface area (Å²) in [5.74, 6) is 0. The van der Waals surface area contributed by atoms with Crippen molar-refractivity contribution in [1.29, 1.82) is 0 Å². The molecule has 0 saturated heterocycles. The molecule has 1 nitrogen and oxygen atoms in total. The Bertz CT molecular complexity index is 386. The van der Waals surface area contributed by atoms with Gasteiger partial charge in [0.15, 0.2) is 0 Å². The van der Waals surface area contributed by atoms with Crippen molar-refractivity contribution < 1.29 is 0 Å². The Hall–Kier alpha value is -0.980. The van der Waals surface area contributed by atoms with Gasteiger partial charge in [-0.3, -0.25) is 0 Å². The number of nitrogens with zero attached hydrogens (tertiary/aromatic N) is 1. The number of anilines is 1. The maximum atomic E-state index is 3.08. The van der Waals surface area contributed by atoms with E-state index >= 15 is 0 Å². The fraction of sp³-hybridized carbons (Fsp3) is 0.760. The van der Waals surface area contributed by atoms with Crippen molar-refractivity contribution in [3.8, 4) is 0 Å². The van der Waals surface area contributed by atoms with Crippen LogP contribution in [0.1, 0.15) is 110 Å². The first-order chi connectivity index (χ1) is 12.8. The molecule has 0 unspecified atom stereocenters. The molecule has 1 aromatic rings. The third-order valence-corrected chi connectivity index (χ3v) is 5.49. The molecule has 0 heterocycles. The second-order valence-corrected chi connectivity index (χ2v) is 7.98. The van der Waals surface area contributed by atoms with Gasteiger partial charge in [-0.05, 0) is 24.6 Å². The van der Waals surface area contributed by atoms with Crippen molar-refractivity contribution in [2.45, 2.75) is 110 Å². The van der Waals surface area contributed by atoms with Gasteiger partial charge in [-0.1, -0.05) is 115 Å². The van der Waals surface area contributed by atoms with Crippen LogP contribution in [-0.2, 0) is 0 Å². The molecule has 0 bridgehead atoms. The van der Waals surface area contributed by atoms with Gasteiger partial charge in [0.25, 0.3) is 0 Å². The first-order valence-corrected chi connectivity index (χ1v) is 11.5. The number of hydrogen-bond donors (Lipinski definition) is 0. The first-order valence-electron chi connectivity index (χ1n) is 11.5. The number of hydrogen-bond acceptors (Lipinski definition) is 1. The Morgan fingerprint density at radius 1 is 0.615 bits per heavy atom. The van der Waals surface area contributed by atoms with Gasteiger partial charge in [0.2, 0.25) is 0 Å². The molecular weight excluding hydrogens is 314 g/mol. The highest BCUT2D eigenvalue weighted by atomic mass is 15.1. The van der Waals surface area contributed by atoms with Crippen LogP contribution in [0.3, 0.4) is 0 Å². The van der Waals surface area contributed by atoms with Gasteiger partial charge in [-0.15, -0.1) is 0 Å². The molecule has 1 radical (unpaired) electrons. The normalized spacial score (nSPS) is 11.0. The van der Waals surface area contributed by atoms with Crippen LogP contribution in [0.2, 0.25) is 0 Å². The Kier molecular flexibility index (Phi) is 15.5. The quantitative estimate of drug-likeness (QED) is 0.239. The van der Waals surface area contributed by atoms with E-state index in [1.807, 2.05) is 12.1 Å². The molecule has 0 fully saturated rings. The van der Waals surface area contributed by atoms with Crippen LogP contribution in [0.5, 0.6) is 0 Å². The Balaban J connectivity index is 1.76. The minimum absolute atomic E-state index is 1.17. The van der Waals surface area contributed by atoms with Crippen LogP contribution in [0, 0.1) is 6.07 Å². The molecule has 1 aromatic carbocycles. The third kappa shape index (κ3) is 13.3. The monoisotopic (exact) mass is 358 g/mol. The fourth-order valence-electron chi connectivity index (χ4n) is 3.66. The van der Waals surface area contributed by atoms with E-state index in [0.29, 0.717) is 0 Å². The first kappa shape index (κ1) is 23.1. The van der Waals surface area contributed by atoms with Crippen LogP contribution in [-0.4, -0.2) is 13.6 Å². The molecule has 0 aliphatic heterocycles. The zero-order chi connectivity index (χ0) is 18.7. The van der Waals surface area contributed by atoms with Gasteiger partial charge in [-0.2, -0.15) is 0 Å². The molecule has 1 heteroatoms. The van der Waals surface area contributed by atoms with Gasteiger partial charge >= 0.3 is 0 Å². The Morgan fingerprint density at radius 3 is 1.42 bits per heavy atom. The maximum Gasteiger partial charge on any atom is 0.0364 e. The fourth-order valence-corrected chi connectivity index (χ4v) is 3.66. The molecule has 0 spiro atoms. The highest BCUT2D eigenvalue weighted by Crippen LogP contribution is 2.15. The van der Waals surface area contributed by atoms with E-state index in [4.69, 9.17) is 0 Å². The largest absolute Gasteiger partial charge is 0.375 e. The molecule has 0 aromatic heterocycles. The molecule has 0 N–H and O–H groups in total. The molecule has 0 aliphatic carbocycles. The van der Waals surface area contributed by atoms with E-state index in [1.165, 1.54) is 115 Å². The van der Waals surface area contributed by atoms with Crippen molar-refractivity contribution >= 4 is 5.69 Å². The summed E-state index contributed by atoms with van der Waals surface area (Å²) in [6.45, 7) is 3.46. The average Bonchev–Trinajstić information content (AvgIpc) is 2.68. The van der Waals surface area contributed by atoms with Crippen LogP contribution in [0.15, 0.2) is 24.3 Å².